The van der Waals surface area contributed by atoms with Crippen LogP contribution in [0.4, 0.5) is 8.78 Å². The van der Waals surface area contributed by atoms with Crippen LogP contribution in [0.2, 0.25) is 0 Å². The van der Waals surface area contributed by atoms with Crippen molar-refractivity contribution in [3.8, 4) is 0 Å². The van der Waals surface area contributed by atoms with Gasteiger partial charge in [-0.05, 0) is 6.92 Å². The summed E-state index contributed by atoms with van der Waals surface area (Å²) in [6.45, 7) is 0.653. The third-order valence-corrected chi connectivity index (χ3v) is 1.47. The Labute approximate surface area is 112 Å². The zero-order chi connectivity index (χ0) is 7.56. The van der Waals surface area contributed by atoms with E-state index in [4.69, 9.17) is 0 Å². The molecule has 3 radical (unpaired) electrons. The fraction of sp³-hybridized carbons (Fsp3) is 0.667. The van der Waals surface area contributed by atoms with Gasteiger partial charge in [0.25, 0.3) is 0 Å². The number of alkyl halides is 2. The molecule has 1 aliphatic heterocycles. The first-order valence-corrected chi connectivity index (χ1v) is 3.20. The van der Waals surface area contributed by atoms with Gasteiger partial charge in [0.15, 0.2) is 0 Å². The van der Waals surface area contributed by atoms with E-state index in [-0.39, 0.29) is 55.2 Å². The van der Waals surface area contributed by atoms with Crippen molar-refractivity contribution < 1.29 is 34.6 Å². The molecule has 1 rings (SSSR count). The number of hydrogen-bond donors (Lipinski definition) is 0. The molecule has 0 fully saturated rings. The molecule has 7 heteroatoms. The number of rotatable bonds is 2. The predicted octanol–water partition coefficient (Wildman–Crippen LogP) is 2.81. The van der Waals surface area contributed by atoms with Gasteiger partial charge in [-0.1, -0.05) is 0 Å². The van der Waals surface area contributed by atoms with Gasteiger partial charge in [-0.2, -0.15) is 8.78 Å². The molecule has 0 bridgehead atoms. The number of nitrogens with zero attached hydrogens (tertiary/aromatic N) is 2. The van der Waals surface area contributed by atoms with Crippen molar-refractivity contribution >= 4 is 29.4 Å². The van der Waals surface area contributed by atoms with Gasteiger partial charge < -0.3 is 9.80 Å². The summed E-state index contributed by atoms with van der Waals surface area (Å²) in [5.74, 6) is 0. The van der Waals surface area contributed by atoms with E-state index < -0.39 is 6.55 Å². The zero-order valence-electron chi connectivity index (χ0n) is 7.13. The Kier molecular flexibility index (Phi) is 14.0. The third-order valence-electron chi connectivity index (χ3n) is 1.47. The molecule has 13 heavy (non-hydrogen) atoms. The van der Waals surface area contributed by atoms with Crippen LogP contribution in [0.15, 0.2) is 12.4 Å². The summed E-state index contributed by atoms with van der Waals surface area (Å²) in [5.41, 5.74) is 0. The third kappa shape index (κ3) is 6.01. The van der Waals surface area contributed by atoms with Crippen LogP contribution in [0.25, 0.3) is 0 Å². The Morgan fingerprint density at radius 2 is 1.92 bits per heavy atom. The largest absolute Gasteiger partial charge is 0.359 e. The Morgan fingerprint density at radius 3 is 2.15 bits per heavy atom. The Bertz CT molecular complexity index is 151. The van der Waals surface area contributed by atoms with Crippen LogP contribution in [0.1, 0.15) is 6.92 Å². The molecule has 0 saturated carbocycles. The molecule has 0 N–H and O–H groups in total. The van der Waals surface area contributed by atoms with Crippen LogP contribution in [-0.2, 0) is 25.8 Å². The predicted molar refractivity (Wildman–Crippen MR) is 49.0 cm³/mol. The topological polar surface area (TPSA) is 6.48 Å². The minimum absolute atomic E-state index is 0. The molecule has 75 valence electrons. The summed E-state index contributed by atoms with van der Waals surface area (Å²) in [6, 6.07) is 0. The molecule has 0 aromatic rings. The van der Waals surface area contributed by atoms with Gasteiger partial charge in [-0.25, -0.2) is 0 Å². The number of halogens is 4. The van der Waals surface area contributed by atoms with E-state index in [1.807, 2.05) is 11.8 Å². The summed E-state index contributed by atoms with van der Waals surface area (Å²) >= 11 is 0. The van der Waals surface area contributed by atoms with E-state index in [2.05, 4.69) is 0 Å². The second-order valence-electron chi connectivity index (χ2n) is 2.14. The molecular formula is C6H10BrClF2N2Sc. The van der Waals surface area contributed by atoms with Gasteiger partial charge in [0.05, 0.1) is 6.67 Å². The maximum Gasteiger partial charge on any atom is 0.316 e. The minimum atomic E-state index is -2.37. The van der Waals surface area contributed by atoms with Crippen molar-refractivity contribution in [3.05, 3.63) is 12.4 Å². The first-order valence-electron chi connectivity index (χ1n) is 3.20. The Hall–Kier alpha value is 0.840. The van der Waals surface area contributed by atoms with E-state index in [9.17, 15) is 8.78 Å². The second kappa shape index (κ2) is 9.40. The van der Waals surface area contributed by atoms with Crippen molar-refractivity contribution in [2.75, 3.05) is 13.2 Å². The molecule has 1 heterocycles. The van der Waals surface area contributed by atoms with Gasteiger partial charge in [-0.15, -0.1) is 0 Å². The molecule has 0 aliphatic carbocycles. The molecular weight excluding hydrogens is 298 g/mol. The van der Waals surface area contributed by atoms with Crippen LogP contribution in [0.5, 0.6) is 0 Å². The molecule has 0 saturated heterocycles. The first kappa shape index (κ1) is 19.4. The summed E-state index contributed by atoms with van der Waals surface area (Å²) < 4.78 is 23.8. The van der Waals surface area contributed by atoms with Crippen molar-refractivity contribution in [2.24, 2.45) is 0 Å². The average molecular weight is 308 g/mol. The molecule has 1 aliphatic rings. The summed E-state index contributed by atoms with van der Waals surface area (Å²) in [7, 11) is 0. The average Bonchev–Trinajstić information content (AvgIpc) is 2.34. The van der Waals surface area contributed by atoms with Crippen molar-refractivity contribution in [1.82, 2.24) is 9.80 Å². The fourth-order valence-corrected chi connectivity index (χ4v) is 0.816. The van der Waals surface area contributed by atoms with Crippen molar-refractivity contribution in [1.29, 1.82) is 0 Å². The van der Waals surface area contributed by atoms with Gasteiger partial charge in [0.2, 0.25) is 0 Å². The van der Waals surface area contributed by atoms with Crippen LogP contribution in [0, 0.1) is 0 Å². The van der Waals surface area contributed by atoms with Gasteiger partial charge in [0.1, 0.15) is 0 Å². The Morgan fingerprint density at radius 1 is 1.38 bits per heavy atom. The van der Waals surface area contributed by atoms with Gasteiger partial charge >= 0.3 is 6.55 Å². The molecule has 0 atom stereocenters. The molecule has 0 amide bonds. The van der Waals surface area contributed by atoms with E-state index in [0.717, 1.165) is 11.4 Å². The van der Waals surface area contributed by atoms with Crippen LogP contribution in [-0.4, -0.2) is 29.6 Å². The van der Waals surface area contributed by atoms with Crippen molar-refractivity contribution in [2.45, 2.75) is 13.5 Å². The normalized spacial score (nSPS) is 13.5. The Balaban J connectivity index is -0.000000333. The molecule has 0 aromatic heterocycles. The maximum atomic E-state index is 11.9. The standard InChI is InChI=1S/C6H10F2N2.Br.Cl.Sc/c1-2-9-3-4-10(5-9)6(7)8;;;/h3-4,6H,2,5H2,1H3;;;. The smallest absolute Gasteiger partial charge is 0.316 e. The molecule has 2 nitrogen and oxygen atoms in total. The molecule has 0 unspecified atom stereocenters. The maximum absolute atomic E-state index is 11.9. The van der Waals surface area contributed by atoms with Crippen LogP contribution < -0.4 is 0 Å². The van der Waals surface area contributed by atoms with Gasteiger partial charge in [0, 0.05) is 74.2 Å². The van der Waals surface area contributed by atoms with E-state index in [1.165, 1.54) is 6.20 Å². The number of hydrogen-bond acceptors (Lipinski definition) is 2. The van der Waals surface area contributed by atoms with E-state index >= 15 is 0 Å². The zero-order valence-corrected chi connectivity index (χ0v) is 11.3. The monoisotopic (exact) mass is 307 g/mol. The minimum Gasteiger partial charge on any atom is -0.359 e. The van der Waals surface area contributed by atoms with Crippen molar-refractivity contribution in [3.63, 3.8) is 0 Å². The summed E-state index contributed by atoms with van der Waals surface area (Å²) in [4.78, 5) is 2.80. The van der Waals surface area contributed by atoms with E-state index in [0.29, 0.717) is 6.67 Å². The SMILES string of the molecule is CCN1C=CN(C(F)F)C1.[Br].[Cl].[Sc]. The fourth-order valence-electron chi connectivity index (χ4n) is 0.816. The van der Waals surface area contributed by atoms with Crippen LogP contribution in [0.3, 0.4) is 0 Å². The first-order chi connectivity index (χ1) is 4.74. The molecule has 0 aromatic carbocycles. The summed E-state index contributed by atoms with van der Waals surface area (Å²) in [5, 5.41) is 0. The van der Waals surface area contributed by atoms with Gasteiger partial charge in [-0.3, -0.25) is 0 Å². The quantitative estimate of drug-likeness (QED) is 0.724. The summed E-state index contributed by atoms with van der Waals surface area (Å²) in [6.07, 6.45) is 3.08. The van der Waals surface area contributed by atoms with E-state index in [1.54, 1.807) is 6.20 Å². The molecule has 0 spiro atoms. The second-order valence-corrected chi connectivity index (χ2v) is 2.14. The van der Waals surface area contributed by atoms with Crippen LogP contribution >= 0.6 is 29.4 Å².